The van der Waals surface area contributed by atoms with Crippen molar-refractivity contribution in [2.45, 2.75) is 37.5 Å². The molecule has 2 aromatic rings. The van der Waals surface area contributed by atoms with Crippen molar-refractivity contribution in [1.29, 1.82) is 0 Å². The second-order valence-electron chi connectivity index (χ2n) is 6.26. The Hall–Kier alpha value is -1.50. The summed E-state index contributed by atoms with van der Waals surface area (Å²) in [6, 6.07) is 9.25. The van der Waals surface area contributed by atoms with Gasteiger partial charge in [0.2, 0.25) is 10.0 Å². The summed E-state index contributed by atoms with van der Waals surface area (Å²) in [5.74, 6) is 0.297. The van der Waals surface area contributed by atoms with Gasteiger partial charge in [-0.3, -0.25) is 4.98 Å². The number of nitrogens with one attached hydrogen (secondary N) is 1. The Morgan fingerprint density at radius 2 is 1.96 bits per heavy atom. The van der Waals surface area contributed by atoms with Crippen LogP contribution in [0.25, 0.3) is 10.9 Å². The number of hydrogen-bond acceptors (Lipinski definition) is 4. The van der Waals surface area contributed by atoms with Gasteiger partial charge in [-0.05, 0) is 30.4 Å². The van der Waals surface area contributed by atoms with E-state index in [9.17, 15) is 8.42 Å². The Morgan fingerprint density at radius 3 is 2.70 bits per heavy atom. The molecule has 0 radical (unpaired) electrons. The number of fused-ring (bicyclic) bond motifs is 1. The number of rotatable bonds is 6. The van der Waals surface area contributed by atoms with Gasteiger partial charge in [-0.2, -0.15) is 0 Å². The molecule has 1 aromatic carbocycles. The summed E-state index contributed by atoms with van der Waals surface area (Å²) in [4.78, 5) is 4.33. The SMILES string of the molecule is NCC(NS(=O)(=O)Cc1cccc2cccnc12)C1CCCC1. The van der Waals surface area contributed by atoms with Crippen LogP contribution in [0, 0.1) is 5.92 Å². The van der Waals surface area contributed by atoms with Gasteiger partial charge in [-0.25, -0.2) is 13.1 Å². The highest BCUT2D eigenvalue weighted by Crippen LogP contribution is 2.28. The summed E-state index contributed by atoms with van der Waals surface area (Å²) in [6.07, 6.45) is 6.12. The summed E-state index contributed by atoms with van der Waals surface area (Å²) < 4.78 is 28.0. The molecule has 6 heteroatoms. The first kappa shape index (κ1) is 16.4. The maximum Gasteiger partial charge on any atom is 0.216 e. The van der Waals surface area contributed by atoms with Crippen LogP contribution in [0.2, 0.25) is 0 Å². The highest BCUT2D eigenvalue weighted by atomic mass is 32.2. The Bertz CT molecular complexity index is 765. The molecule has 5 nitrogen and oxygen atoms in total. The van der Waals surface area contributed by atoms with Crippen LogP contribution in [0.3, 0.4) is 0 Å². The highest BCUT2D eigenvalue weighted by Gasteiger charge is 2.27. The maximum atomic E-state index is 12.6. The molecule has 0 spiro atoms. The Kier molecular flexibility index (Phi) is 4.94. The van der Waals surface area contributed by atoms with E-state index in [1.807, 2.05) is 30.3 Å². The van der Waals surface area contributed by atoms with E-state index < -0.39 is 10.0 Å². The molecule has 3 N–H and O–H groups in total. The number of nitrogens with two attached hydrogens (primary N) is 1. The Morgan fingerprint density at radius 1 is 1.22 bits per heavy atom. The van der Waals surface area contributed by atoms with Crippen molar-refractivity contribution in [3.8, 4) is 0 Å². The first-order valence-electron chi connectivity index (χ1n) is 8.12. The fourth-order valence-corrected chi connectivity index (χ4v) is 4.93. The molecular weight excluding hydrogens is 310 g/mol. The second-order valence-corrected chi connectivity index (χ2v) is 8.01. The minimum absolute atomic E-state index is 0.0649. The fourth-order valence-electron chi connectivity index (χ4n) is 3.46. The van der Waals surface area contributed by atoms with Crippen LogP contribution >= 0.6 is 0 Å². The zero-order chi connectivity index (χ0) is 16.3. The van der Waals surface area contributed by atoms with Crippen molar-refractivity contribution < 1.29 is 8.42 Å². The van der Waals surface area contributed by atoms with Gasteiger partial charge in [-0.1, -0.05) is 37.1 Å². The first-order chi connectivity index (χ1) is 11.1. The van der Waals surface area contributed by atoms with E-state index >= 15 is 0 Å². The minimum Gasteiger partial charge on any atom is -0.329 e. The van der Waals surface area contributed by atoms with E-state index in [1.54, 1.807) is 6.20 Å². The lowest BCUT2D eigenvalue weighted by Crippen LogP contribution is -2.44. The van der Waals surface area contributed by atoms with Gasteiger partial charge < -0.3 is 5.73 Å². The summed E-state index contributed by atoms with van der Waals surface area (Å²) in [5.41, 5.74) is 7.27. The van der Waals surface area contributed by atoms with Crippen LogP contribution in [-0.2, 0) is 15.8 Å². The highest BCUT2D eigenvalue weighted by molar-refractivity contribution is 7.88. The van der Waals surface area contributed by atoms with E-state index in [-0.39, 0.29) is 11.8 Å². The lowest BCUT2D eigenvalue weighted by atomic mass is 9.99. The largest absolute Gasteiger partial charge is 0.329 e. The summed E-state index contributed by atoms with van der Waals surface area (Å²) in [6.45, 7) is 0.345. The van der Waals surface area contributed by atoms with Crippen LogP contribution < -0.4 is 10.5 Å². The van der Waals surface area contributed by atoms with Gasteiger partial charge >= 0.3 is 0 Å². The average Bonchev–Trinajstić information content (AvgIpc) is 3.07. The molecule has 1 fully saturated rings. The lowest BCUT2D eigenvalue weighted by Gasteiger charge is -2.23. The van der Waals surface area contributed by atoms with Gasteiger partial charge in [0.25, 0.3) is 0 Å². The summed E-state index contributed by atoms with van der Waals surface area (Å²) in [5, 5.41) is 0.950. The molecule has 0 aliphatic heterocycles. The third kappa shape index (κ3) is 3.88. The van der Waals surface area contributed by atoms with Gasteiger partial charge in [0.1, 0.15) is 0 Å². The van der Waals surface area contributed by atoms with Crippen LogP contribution in [0.15, 0.2) is 36.5 Å². The average molecular weight is 333 g/mol. The third-order valence-electron chi connectivity index (χ3n) is 4.62. The summed E-state index contributed by atoms with van der Waals surface area (Å²) >= 11 is 0. The van der Waals surface area contributed by atoms with Crippen LogP contribution in [0.1, 0.15) is 31.2 Å². The van der Waals surface area contributed by atoms with E-state index in [4.69, 9.17) is 5.73 Å². The molecule has 0 bridgehead atoms. The third-order valence-corrected chi connectivity index (χ3v) is 5.97. The topological polar surface area (TPSA) is 85.1 Å². The molecule has 1 aromatic heterocycles. The zero-order valence-electron chi connectivity index (χ0n) is 13.1. The van der Waals surface area contributed by atoms with Gasteiger partial charge in [0.15, 0.2) is 0 Å². The van der Waals surface area contributed by atoms with Gasteiger partial charge in [0.05, 0.1) is 11.3 Å². The molecule has 0 amide bonds. The van der Waals surface area contributed by atoms with E-state index in [0.717, 1.165) is 42.1 Å². The van der Waals surface area contributed by atoms with Gasteiger partial charge in [-0.15, -0.1) is 0 Å². The number of benzene rings is 1. The lowest BCUT2D eigenvalue weighted by molar-refractivity contribution is 0.405. The van der Waals surface area contributed by atoms with Crippen LogP contribution in [0.5, 0.6) is 0 Å². The van der Waals surface area contributed by atoms with E-state index in [0.29, 0.717) is 12.5 Å². The fraction of sp³-hybridized carbons (Fsp3) is 0.471. The number of aromatic nitrogens is 1. The quantitative estimate of drug-likeness (QED) is 0.848. The van der Waals surface area contributed by atoms with Crippen molar-refractivity contribution in [3.63, 3.8) is 0 Å². The number of sulfonamides is 1. The van der Waals surface area contributed by atoms with E-state index in [1.165, 1.54) is 0 Å². The molecule has 1 saturated carbocycles. The molecule has 1 aliphatic rings. The van der Waals surface area contributed by atoms with E-state index in [2.05, 4.69) is 9.71 Å². The predicted molar refractivity (Wildman–Crippen MR) is 92.3 cm³/mol. The molecule has 1 unspecified atom stereocenters. The molecule has 1 atom stereocenters. The number of para-hydroxylation sites is 1. The first-order valence-corrected chi connectivity index (χ1v) is 9.77. The van der Waals surface area contributed by atoms with Crippen LogP contribution in [-0.4, -0.2) is 26.0 Å². The molecule has 0 saturated heterocycles. The monoisotopic (exact) mass is 333 g/mol. The number of hydrogen-bond donors (Lipinski definition) is 2. The summed E-state index contributed by atoms with van der Waals surface area (Å²) in [7, 11) is -3.44. The minimum atomic E-state index is -3.44. The van der Waals surface area contributed by atoms with Crippen molar-refractivity contribution >= 4 is 20.9 Å². The number of pyridine rings is 1. The molecule has 23 heavy (non-hydrogen) atoms. The van der Waals surface area contributed by atoms with Crippen molar-refractivity contribution in [1.82, 2.24) is 9.71 Å². The second kappa shape index (κ2) is 6.95. The molecular formula is C17H23N3O2S. The smallest absolute Gasteiger partial charge is 0.216 e. The molecule has 124 valence electrons. The zero-order valence-corrected chi connectivity index (χ0v) is 13.9. The Labute approximate surface area is 137 Å². The van der Waals surface area contributed by atoms with Crippen molar-refractivity contribution in [2.75, 3.05) is 6.54 Å². The molecule has 3 rings (SSSR count). The Balaban J connectivity index is 1.79. The van der Waals surface area contributed by atoms with Crippen molar-refractivity contribution in [3.05, 3.63) is 42.1 Å². The van der Waals surface area contributed by atoms with Gasteiger partial charge in [0, 0.05) is 24.2 Å². The predicted octanol–water partition coefficient (Wildman–Crippen LogP) is 2.17. The van der Waals surface area contributed by atoms with Crippen LogP contribution in [0.4, 0.5) is 0 Å². The molecule has 1 heterocycles. The van der Waals surface area contributed by atoms with Crippen molar-refractivity contribution in [2.24, 2.45) is 11.7 Å². The molecule has 1 aliphatic carbocycles. The maximum absolute atomic E-state index is 12.6. The normalized spacial score (nSPS) is 17.6. The standard InChI is InChI=1S/C17H23N3O2S/c18-11-16(13-5-1-2-6-13)20-23(21,22)12-15-8-3-7-14-9-4-10-19-17(14)15/h3-4,7-10,13,16,20H,1-2,5-6,11-12,18H2. The number of nitrogens with zero attached hydrogens (tertiary/aromatic N) is 1.